The summed E-state index contributed by atoms with van der Waals surface area (Å²) in [5.74, 6) is 0.460. The lowest BCUT2D eigenvalue weighted by atomic mass is 10.3. The van der Waals surface area contributed by atoms with Gasteiger partial charge in [-0.2, -0.15) is 5.10 Å². The Morgan fingerprint density at radius 1 is 1.44 bits per heavy atom. The standard InChI is InChI=1S/C8H11ClN6O2S/c1-3-14-7(6(2)15-5-10-4-11-15)12-13-8(14)18(9,16)17/h4-6H,3H2,1-2H3. The summed E-state index contributed by atoms with van der Waals surface area (Å²) in [5, 5.41) is 11.2. The van der Waals surface area contributed by atoms with E-state index < -0.39 is 9.05 Å². The molecule has 1 atom stereocenters. The van der Waals surface area contributed by atoms with Crippen molar-refractivity contribution < 1.29 is 8.42 Å². The first-order valence-corrected chi connectivity index (χ1v) is 7.48. The van der Waals surface area contributed by atoms with Gasteiger partial charge < -0.3 is 0 Å². The highest BCUT2D eigenvalue weighted by Gasteiger charge is 2.25. The number of hydrogen-bond acceptors (Lipinski definition) is 6. The summed E-state index contributed by atoms with van der Waals surface area (Å²) in [7, 11) is 1.39. The lowest BCUT2D eigenvalue weighted by Crippen LogP contribution is -2.15. The fourth-order valence-corrected chi connectivity index (χ4v) is 2.59. The highest BCUT2D eigenvalue weighted by Crippen LogP contribution is 2.20. The van der Waals surface area contributed by atoms with Crippen molar-refractivity contribution in [3.05, 3.63) is 18.5 Å². The van der Waals surface area contributed by atoms with Gasteiger partial charge in [0.25, 0.3) is 14.2 Å². The summed E-state index contributed by atoms with van der Waals surface area (Å²) in [4.78, 5) is 3.83. The molecule has 0 aliphatic rings. The molecule has 8 nitrogen and oxygen atoms in total. The fraction of sp³-hybridized carbons (Fsp3) is 0.500. The van der Waals surface area contributed by atoms with Gasteiger partial charge in [-0.25, -0.2) is 18.1 Å². The highest BCUT2D eigenvalue weighted by atomic mass is 35.7. The molecule has 0 aromatic carbocycles. The molecule has 0 amide bonds. The van der Waals surface area contributed by atoms with Crippen molar-refractivity contribution >= 4 is 19.7 Å². The van der Waals surface area contributed by atoms with Crippen LogP contribution in [0.1, 0.15) is 25.7 Å². The second-order valence-electron chi connectivity index (χ2n) is 3.57. The highest BCUT2D eigenvalue weighted by molar-refractivity contribution is 8.13. The molecule has 98 valence electrons. The monoisotopic (exact) mass is 290 g/mol. The minimum Gasteiger partial charge on any atom is -0.299 e. The Kier molecular flexibility index (Phi) is 3.35. The Labute approximate surface area is 108 Å². The van der Waals surface area contributed by atoms with E-state index in [-0.39, 0.29) is 11.2 Å². The Balaban J connectivity index is 2.50. The molecule has 1 unspecified atom stereocenters. The van der Waals surface area contributed by atoms with Crippen molar-refractivity contribution in [1.29, 1.82) is 0 Å². The van der Waals surface area contributed by atoms with Gasteiger partial charge in [0.05, 0.1) is 0 Å². The van der Waals surface area contributed by atoms with Crippen LogP contribution >= 0.6 is 10.7 Å². The Morgan fingerprint density at radius 3 is 2.67 bits per heavy atom. The van der Waals surface area contributed by atoms with Crippen molar-refractivity contribution in [3.63, 3.8) is 0 Å². The van der Waals surface area contributed by atoms with E-state index in [0.29, 0.717) is 12.4 Å². The summed E-state index contributed by atoms with van der Waals surface area (Å²) < 4.78 is 25.7. The maximum absolute atomic E-state index is 11.3. The van der Waals surface area contributed by atoms with Crippen LogP contribution in [0.4, 0.5) is 0 Å². The summed E-state index contributed by atoms with van der Waals surface area (Å²) >= 11 is 0. The number of aromatic nitrogens is 6. The molecular weight excluding hydrogens is 280 g/mol. The van der Waals surface area contributed by atoms with Crippen molar-refractivity contribution in [2.75, 3.05) is 0 Å². The minimum absolute atomic E-state index is 0.256. The largest absolute Gasteiger partial charge is 0.299 e. The lowest BCUT2D eigenvalue weighted by Gasteiger charge is -2.12. The van der Waals surface area contributed by atoms with E-state index >= 15 is 0 Å². The number of hydrogen-bond donors (Lipinski definition) is 0. The third kappa shape index (κ3) is 2.23. The van der Waals surface area contributed by atoms with Crippen LogP contribution in [0.2, 0.25) is 0 Å². The average Bonchev–Trinajstić information content (AvgIpc) is 2.96. The summed E-state index contributed by atoms with van der Waals surface area (Å²) in [6.07, 6.45) is 2.91. The van der Waals surface area contributed by atoms with Crippen molar-refractivity contribution in [3.8, 4) is 0 Å². The normalized spacial score (nSPS) is 13.7. The topological polar surface area (TPSA) is 95.6 Å². The molecule has 18 heavy (non-hydrogen) atoms. The molecule has 0 radical (unpaired) electrons. The van der Waals surface area contributed by atoms with Crippen LogP contribution in [-0.4, -0.2) is 37.9 Å². The van der Waals surface area contributed by atoms with Crippen LogP contribution in [0.5, 0.6) is 0 Å². The van der Waals surface area contributed by atoms with Gasteiger partial charge in [-0.1, -0.05) is 0 Å². The molecule has 0 aliphatic heterocycles. The third-order valence-electron chi connectivity index (χ3n) is 2.49. The molecule has 0 fully saturated rings. The van der Waals surface area contributed by atoms with E-state index in [1.807, 2.05) is 6.92 Å². The van der Waals surface area contributed by atoms with Gasteiger partial charge in [-0.3, -0.25) is 4.57 Å². The minimum atomic E-state index is -3.91. The summed E-state index contributed by atoms with van der Waals surface area (Å²) in [6.45, 7) is 3.99. The molecule has 10 heteroatoms. The predicted molar refractivity (Wildman–Crippen MR) is 62.6 cm³/mol. The molecule has 2 aromatic rings. The second kappa shape index (κ2) is 4.65. The van der Waals surface area contributed by atoms with E-state index in [0.717, 1.165) is 0 Å². The number of halogens is 1. The molecule has 2 aromatic heterocycles. The van der Waals surface area contributed by atoms with E-state index in [4.69, 9.17) is 10.7 Å². The SMILES string of the molecule is CCn1c(C(C)n2cncn2)nnc1S(=O)(=O)Cl. The van der Waals surface area contributed by atoms with Crippen molar-refractivity contribution in [1.82, 2.24) is 29.5 Å². The zero-order valence-corrected chi connectivity index (χ0v) is 11.3. The van der Waals surface area contributed by atoms with Gasteiger partial charge in [0.1, 0.15) is 18.7 Å². The van der Waals surface area contributed by atoms with E-state index in [1.165, 1.54) is 17.2 Å². The van der Waals surface area contributed by atoms with Crippen molar-refractivity contribution in [2.24, 2.45) is 0 Å². The molecule has 2 heterocycles. The van der Waals surface area contributed by atoms with Gasteiger partial charge in [0.15, 0.2) is 5.82 Å². The van der Waals surface area contributed by atoms with E-state index in [1.54, 1.807) is 11.6 Å². The Bertz CT molecular complexity index is 635. The predicted octanol–water partition coefficient (Wildman–Crippen LogP) is 0.426. The average molecular weight is 291 g/mol. The van der Waals surface area contributed by atoms with Crippen LogP contribution in [-0.2, 0) is 15.6 Å². The number of rotatable bonds is 4. The molecular formula is C8H11ClN6O2S. The van der Waals surface area contributed by atoms with Crippen LogP contribution in [0.25, 0.3) is 0 Å². The quantitative estimate of drug-likeness (QED) is 0.758. The maximum Gasteiger partial charge on any atom is 0.296 e. The van der Waals surface area contributed by atoms with Gasteiger partial charge >= 0.3 is 0 Å². The molecule has 0 saturated heterocycles. The molecule has 0 saturated carbocycles. The van der Waals surface area contributed by atoms with Gasteiger partial charge in [-0.15, -0.1) is 10.2 Å². The number of nitrogens with zero attached hydrogens (tertiary/aromatic N) is 6. The zero-order chi connectivity index (χ0) is 13.3. The summed E-state index contributed by atoms with van der Waals surface area (Å²) in [5.41, 5.74) is 0. The first-order chi connectivity index (χ1) is 8.45. The first-order valence-electron chi connectivity index (χ1n) is 5.17. The zero-order valence-electron chi connectivity index (χ0n) is 9.73. The molecule has 0 aliphatic carbocycles. The van der Waals surface area contributed by atoms with Crippen LogP contribution < -0.4 is 0 Å². The Hall–Kier alpha value is -1.48. The van der Waals surface area contributed by atoms with Gasteiger partial charge in [-0.05, 0) is 13.8 Å². The Morgan fingerprint density at radius 2 is 2.17 bits per heavy atom. The summed E-state index contributed by atoms with van der Waals surface area (Å²) in [6, 6.07) is -0.285. The molecule has 0 N–H and O–H groups in total. The first kappa shape index (κ1) is 13.0. The van der Waals surface area contributed by atoms with Gasteiger partial charge in [0, 0.05) is 17.2 Å². The van der Waals surface area contributed by atoms with Gasteiger partial charge in [0.2, 0.25) is 0 Å². The van der Waals surface area contributed by atoms with E-state index in [9.17, 15) is 8.42 Å². The molecule has 0 spiro atoms. The second-order valence-corrected chi connectivity index (χ2v) is 6.03. The van der Waals surface area contributed by atoms with Crippen LogP contribution in [0.15, 0.2) is 17.8 Å². The lowest BCUT2D eigenvalue weighted by molar-refractivity contribution is 0.494. The van der Waals surface area contributed by atoms with Crippen molar-refractivity contribution in [2.45, 2.75) is 31.6 Å². The fourth-order valence-electron chi connectivity index (χ4n) is 1.62. The molecule has 0 bridgehead atoms. The van der Waals surface area contributed by atoms with Crippen LogP contribution in [0, 0.1) is 0 Å². The molecule has 2 rings (SSSR count). The smallest absolute Gasteiger partial charge is 0.296 e. The van der Waals surface area contributed by atoms with E-state index in [2.05, 4.69) is 20.3 Å². The maximum atomic E-state index is 11.3. The van der Waals surface area contributed by atoms with Crippen LogP contribution in [0.3, 0.4) is 0 Å². The third-order valence-corrected chi connectivity index (χ3v) is 3.64.